The molecule has 0 fully saturated rings. The lowest BCUT2D eigenvalue weighted by Gasteiger charge is -2.10. The van der Waals surface area contributed by atoms with E-state index in [0.29, 0.717) is 30.4 Å². The van der Waals surface area contributed by atoms with Crippen LogP contribution in [0.25, 0.3) is 11.4 Å². The summed E-state index contributed by atoms with van der Waals surface area (Å²) in [5.41, 5.74) is 0.505. The second-order valence-corrected chi connectivity index (χ2v) is 4.28. The van der Waals surface area contributed by atoms with E-state index in [9.17, 15) is 10.1 Å². The highest BCUT2D eigenvalue weighted by atomic mass is 16.6. The van der Waals surface area contributed by atoms with Gasteiger partial charge >= 0.3 is 0 Å². The van der Waals surface area contributed by atoms with E-state index >= 15 is 0 Å². The highest BCUT2D eigenvalue weighted by Gasteiger charge is 2.13. The zero-order chi connectivity index (χ0) is 14.5. The molecule has 1 aromatic carbocycles. The van der Waals surface area contributed by atoms with Gasteiger partial charge in [-0.1, -0.05) is 17.3 Å². The molecular weight excluding hydrogens is 264 g/mol. The van der Waals surface area contributed by atoms with Crippen molar-refractivity contribution < 1.29 is 14.6 Å². The molecule has 2 rings (SSSR count). The number of nitro groups is 1. The molecule has 0 aliphatic carbocycles. The summed E-state index contributed by atoms with van der Waals surface area (Å²) < 4.78 is 5.08. The number of aliphatic hydroxyl groups is 1. The third-order valence-electron chi connectivity index (χ3n) is 2.67. The molecular formula is C12H14N4O4. The Morgan fingerprint density at radius 1 is 1.50 bits per heavy atom. The smallest absolute Gasteiger partial charge is 0.270 e. The molecule has 0 spiro atoms. The molecule has 2 aromatic rings. The van der Waals surface area contributed by atoms with Crippen molar-refractivity contribution in [1.82, 2.24) is 15.0 Å². The van der Waals surface area contributed by atoms with Crippen LogP contribution >= 0.6 is 0 Å². The van der Waals surface area contributed by atoms with E-state index in [1.54, 1.807) is 12.1 Å². The highest BCUT2D eigenvalue weighted by molar-refractivity contribution is 5.58. The lowest BCUT2D eigenvalue weighted by atomic mass is 10.2. The summed E-state index contributed by atoms with van der Waals surface area (Å²) in [4.78, 5) is 16.2. The molecule has 0 radical (unpaired) electrons. The molecule has 106 valence electrons. The summed E-state index contributed by atoms with van der Waals surface area (Å²) in [5.74, 6) is 0.698. The maximum Gasteiger partial charge on any atom is 0.270 e. The fraction of sp³-hybridized carbons (Fsp3) is 0.333. The first kappa shape index (κ1) is 14.1. The first-order valence-corrected chi connectivity index (χ1v) is 5.97. The van der Waals surface area contributed by atoms with Crippen LogP contribution in [0.5, 0.6) is 0 Å². The molecule has 0 aliphatic rings. The third-order valence-corrected chi connectivity index (χ3v) is 2.67. The Bertz CT molecular complexity index is 599. The molecule has 0 aliphatic heterocycles. The Morgan fingerprint density at radius 2 is 2.30 bits per heavy atom. The Balaban J connectivity index is 2.16. The fourth-order valence-corrected chi connectivity index (χ4v) is 1.68. The van der Waals surface area contributed by atoms with Gasteiger partial charge in [-0.15, -0.1) is 0 Å². The van der Waals surface area contributed by atoms with Gasteiger partial charge in [0.25, 0.3) is 5.69 Å². The maximum atomic E-state index is 10.7. The summed E-state index contributed by atoms with van der Waals surface area (Å²) in [6, 6.07) is 6.05. The van der Waals surface area contributed by atoms with E-state index in [0.717, 1.165) is 0 Å². The zero-order valence-electron chi connectivity index (χ0n) is 10.9. The lowest BCUT2D eigenvalue weighted by Crippen LogP contribution is -2.21. The van der Waals surface area contributed by atoms with Gasteiger partial charge in [-0.2, -0.15) is 4.98 Å². The zero-order valence-corrected chi connectivity index (χ0v) is 10.9. The van der Waals surface area contributed by atoms with Gasteiger partial charge in [0.2, 0.25) is 11.7 Å². The van der Waals surface area contributed by atoms with Gasteiger partial charge in [-0.3, -0.25) is 15.0 Å². The molecule has 20 heavy (non-hydrogen) atoms. The Kier molecular flexibility index (Phi) is 4.38. The van der Waals surface area contributed by atoms with Crippen molar-refractivity contribution >= 4 is 5.69 Å². The normalized spacial score (nSPS) is 10.9. The van der Waals surface area contributed by atoms with Crippen LogP contribution < -0.4 is 0 Å². The monoisotopic (exact) mass is 278 g/mol. The quantitative estimate of drug-likeness (QED) is 0.622. The Hall–Kier alpha value is -2.32. The van der Waals surface area contributed by atoms with Gasteiger partial charge in [0.1, 0.15) is 0 Å². The minimum atomic E-state index is -0.473. The molecule has 0 atom stereocenters. The third kappa shape index (κ3) is 3.37. The van der Waals surface area contributed by atoms with E-state index in [4.69, 9.17) is 9.63 Å². The summed E-state index contributed by atoms with van der Waals surface area (Å²) in [7, 11) is 1.81. The van der Waals surface area contributed by atoms with Crippen molar-refractivity contribution in [3.8, 4) is 11.4 Å². The van der Waals surface area contributed by atoms with Crippen LogP contribution in [0, 0.1) is 10.1 Å². The summed E-state index contributed by atoms with van der Waals surface area (Å²) in [6.45, 7) is 0.944. The van der Waals surface area contributed by atoms with E-state index in [-0.39, 0.29) is 12.3 Å². The topological polar surface area (TPSA) is 106 Å². The number of nitro benzene ring substituents is 1. The molecule has 8 nitrogen and oxygen atoms in total. The van der Waals surface area contributed by atoms with Gasteiger partial charge in [-0.25, -0.2) is 0 Å². The van der Waals surface area contributed by atoms with Crippen LogP contribution in [0.15, 0.2) is 28.8 Å². The van der Waals surface area contributed by atoms with Crippen molar-refractivity contribution in [3.05, 3.63) is 40.3 Å². The van der Waals surface area contributed by atoms with Crippen LogP contribution in [0.2, 0.25) is 0 Å². The molecule has 1 N–H and O–H groups in total. The highest BCUT2D eigenvalue weighted by Crippen LogP contribution is 2.21. The second-order valence-electron chi connectivity index (χ2n) is 4.28. The van der Waals surface area contributed by atoms with Crippen molar-refractivity contribution in [2.75, 3.05) is 20.2 Å². The first-order chi connectivity index (χ1) is 9.60. The molecule has 0 bridgehead atoms. The minimum Gasteiger partial charge on any atom is -0.395 e. The summed E-state index contributed by atoms with van der Waals surface area (Å²) in [5, 5.41) is 23.3. The van der Waals surface area contributed by atoms with Crippen LogP contribution in [0.3, 0.4) is 0 Å². The largest absolute Gasteiger partial charge is 0.395 e. The van der Waals surface area contributed by atoms with E-state index in [1.807, 2.05) is 11.9 Å². The van der Waals surface area contributed by atoms with Gasteiger partial charge in [0.05, 0.1) is 18.1 Å². The van der Waals surface area contributed by atoms with E-state index in [2.05, 4.69) is 10.1 Å². The number of hydrogen-bond donors (Lipinski definition) is 1. The number of rotatable bonds is 6. The number of nitrogens with zero attached hydrogens (tertiary/aromatic N) is 4. The number of hydrogen-bond acceptors (Lipinski definition) is 7. The number of likely N-dealkylation sites (N-methyl/N-ethyl adjacent to an activating group) is 1. The molecule has 8 heteroatoms. The van der Waals surface area contributed by atoms with Crippen LogP contribution in [0.1, 0.15) is 5.89 Å². The van der Waals surface area contributed by atoms with Crippen molar-refractivity contribution in [1.29, 1.82) is 0 Å². The predicted molar refractivity (Wildman–Crippen MR) is 69.8 cm³/mol. The molecule has 0 saturated carbocycles. The van der Waals surface area contributed by atoms with Gasteiger partial charge < -0.3 is 9.63 Å². The van der Waals surface area contributed by atoms with Crippen LogP contribution in [-0.2, 0) is 6.54 Å². The summed E-state index contributed by atoms with van der Waals surface area (Å²) >= 11 is 0. The average Bonchev–Trinajstić information content (AvgIpc) is 2.87. The van der Waals surface area contributed by atoms with Crippen molar-refractivity contribution in [3.63, 3.8) is 0 Å². The number of benzene rings is 1. The Labute approximate surface area is 114 Å². The van der Waals surface area contributed by atoms with Gasteiger partial charge in [-0.05, 0) is 7.05 Å². The lowest BCUT2D eigenvalue weighted by molar-refractivity contribution is -0.384. The van der Waals surface area contributed by atoms with Gasteiger partial charge in [0, 0.05) is 24.2 Å². The second kappa shape index (κ2) is 6.22. The summed E-state index contributed by atoms with van der Waals surface area (Å²) in [6.07, 6.45) is 0. The molecule has 0 unspecified atom stereocenters. The van der Waals surface area contributed by atoms with Crippen molar-refractivity contribution in [2.24, 2.45) is 0 Å². The number of non-ortho nitro benzene ring substituents is 1. The minimum absolute atomic E-state index is 0.0220. The standard InChI is InChI=1S/C12H14N4O4/c1-15(5-6-17)8-11-13-12(14-20-11)9-3-2-4-10(7-9)16(18)19/h2-4,7,17H,5-6,8H2,1H3. The first-order valence-electron chi connectivity index (χ1n) is 5.97. The fourth-order valence-electron chi connectivity index (χ4n) is 1.68. The van der Waals surface area contributed by atoms with Crippen molar-refractivity contribution in [2.45, 2.75) is 6.54 Å². The van der Waals surface area contributed by atoms with Crippen LogP contribution in [0.4, 0.5) is 5.69 Å². The van der Waals surface area contributed by atoms with Gasteiger partial charge in [0.15, 0.2) is 0 Å². The molecule has 0 amide bonds. The average molecular weight is 278 g/mol. The molecule has 0 saturated heterocycles. The van der Waals surface area contributed by atoms with E-state index < -0.39 is 4.92 Å². The van der Waals surface area contributed by atoms with E-state index in [1.165, 1.54) is 12.1 Å². The maximum absolute atomic E-state index is 10.7. The Morgan fingerprint density at radius 3 is 3.00 bits per heavy atom. The number of aliphatic hydroxyl groups excluding tert-OH is 1. The predicted octanol–water partition coefficient (Wildman–Crippen LogP) is 1.07. The molecule has 1 aromatic heterocycles. The number of aromatic nitrogens is 2. The van der Waals surface area contributed by atoms with Crippen LogP contribution in [-0.4, -0.2) is 45.3 Å². The SMILES string of the molecule is CN(CCO)Cc1nc(-c2cccc([N+](=O)[O-])c2)no1. The molecule has 1 heterocycles.